The first kappa shape index (κ1) is 20.9. The highest BCUT2D eigenvalue weighted by Crippen LogP contribution is 2.34. The quantitative estimate of drug-likeness (QED) is 0.615. The Bertz CT molecular complexity index is 1030. The van der Waals surface area contributed by atoms with Crippen molar-refractivity contribution in [2.24, 2.45) is 0 Å². The van der Waals surface area contributed by atoms with Crippen molar-refractivity contribution in [3.05, 3.63) is 70.1 Å². The monoisotopic (exact) mass is 430 g/mol. The number of rotatable bonds is 6. The molecule has 2 aromatic carbocycles. The summed E-state index contributed by atoms with van der Waals surface area (Å²) in [5.74, 6) is -0.724. The molecule has 1 aromatic heterocycles. The molecule has 1 aliphatic heterocycles. The molecule has 2 heterocycles. The fraction of sp³-hybridized carbons (Fsp3) is 0.348. The van der Waals surface area contributed by atoms with Crippen molar-refractivity contribution in [2.75, 3.05) is 20.2 Å². The minimum absolute atomic E-state index is 0.0763. The van der Waals surface area contributed by atoms with Gasteiger partial charge in [0.25, 0.3) is 5.91 Å². The predicted molar refractivity (Wildman–Crippen MR) is 115 cm³/mol. The molecule has 1 amide bonds. The van der Waals surface area contributed by atoms with Crippen molar-refractivity contribution >= 4 is 27.3 Å². The van der Waals surface area contributed by atoms with Gasteiger partial charge in [-0.25, -0.2) is 8.78 Å². The van der Waals surface area contributed by atoms with E-state index < -0.39 is 0 Å². The van der Waals surface area contributed by atoms with Crippen LogP contribution in [0, 0.1) is 11.6 Å². The number of amides is 1. The van der Waals surface area contributed by atoms with E-state index in [1.165, 1.54) is 29.5 Å². The summed E-state index contributed by atoms with van der Waals surface area (Å²) in [4.78, 5) is 15.8. The van der Waals surface area contributed by atoms with Gasteiger partial charge in [-0.05, 0) is 42.7 Å². The van der Waals surface area contributed by atoms with Gasteiger partial charge in [0.2, 0.25) is 0 Å². The molecule has 0 atom stereocenters. The van der Waals surface area contributed by atoms with Crippen molar-refractivity contribution in [3.8, 4) is 0 Å². The summed E-state index contributed by atoms with van der Waals surface area (Å²) in [5.41, 5.74) is 1.69. The van der Waals surface area contributed by atoms with E-state index in [1.54, 1.807) is 25.3 Å². The number of nitrogens with zero attached hydrogens (tertiary/aromatic N) is 1. The lowest BCUT2D eigenvalue weighted by Gasteiger charge is -2.32. The van der Waals surface area contributed by atoms with Gasteiger partial charge in [-0.15, -0.1) is 11.3 Å². The molecule has 1 saturated heterocycles. The van der Waals surface area contributed by atoms with Crippen LogP contribution in [0.4, 0.5) is 8.78 Å². The third kappa shape index (κ3) is 4.53. The number of hydrogen-bond acceptors (Lipinski definition) is 4. The van der Waals surface area contributed by atoms with Crippen LogP contribution in [0.5, 0.6) is 0 Å². The van der Waals surface area contributed by atoms with E-state index >= 15 is 0 Å². The summed E-state index contributed by atoms with van der Waals surface area (Å²) < 4.78 is 33.4. The number of piperidine rings is 1. The normalized spacial score (nSPS) is 15.6. The summed E-state index contributed by atoms with van der Waals surface area (Å²) in [6.45, 7) is 2.68. The van der Waals surface area contributed by atoms with Crippen molar-refractivity contribution in [1.29, 1.82) is 0 Å². The van der Waals surface area contributed by atoms with Gasteiger partial charge in [0.05, 0.1) is 11.5 Å². The van der Waals surface area contributed by atoms with Crippen LogP contribution in [-0.2, 0) is 17.9 Å². The number of methoxy groups -OCH3 is 1. The first-order chi connectivity index (χ1) is 14.5. The topological polar surface area (TPSA) is 41.6 Å². The zero-order chi connectivity index (χ0) is 21.1. The molecular weight excluding hydrogens is 406 g/mol. The summed E-state index contributed by atoms with van der Waals surface area (Å²) >= 11 is 1.31. The van der Waals surface area contributed by atoms with Gasteiger partial charge in [-0.2, -0.15) is 0 Å². The van der Waals surface area contributed by atoms with Crippen molar-refractivity contribution in [3.63, 3.8) is 0 Å². The Hall–Kier alpha value is -2.35. The fourth-order valence-corrected chi connectivity index (χ4v) is 5.09. The van der Waals surface area contributed by atoms with E-state index in [9.17, 15) is 13.6 Å². The number of carbonyl (C=O) groups is 1. The molecule has 1 N–H and O–H groups in total. The van der Waals surface area contributed by atoms with E-state index in [2.05, 4.69) is 10.2 Å². The average molecular weight is 431 g/mol. The first-order valence-electron chi connectivity index (χ1n) is 10.0. The second kappa shape index (κ2) is 9.20. The Kier molecular flexibility index (Phi) is 6.41. The molecule has 0 bridgehead atoms. The van der Waals surface area contributed by atoms with Crippen LogP contribution in [-0.4, -0.2) is 37.0 Å². The molecule has 0 unspecified atom stereocenters. The van der Waals surface area contributed by atoms with E-state index in [1.807, 2.05) is 6.07 Å². The smallest absolute Gasteiger partial charge is 0.261 e. The SMILES string of the molecule is COCc1c(C(=O)NC2CCN(Cc3ccc(F)cc3)CC2)sc2cccc(F)c12. The molecular formula is C23H24F2N2O2S. The highest BCUT2D eigenvalue weighted by Gasteiger charge is 2.25. The highest BCUT2D eigenvalue weighted by atomic mass is 32.1. The van der Waals surface area contributed by atoms with Gasteiger partial charge in [-0.1, -0.05) is 18.2 Å². The number of ether oxygens (including phenoxy) is 1. The maximum absolute atomic E-state index is 14.3. The van der Waals surface area contributed by atoms with Crippen LogP contribution in [0.1, 0.15) is 33.6 Å². The van der Waals surface area contributed by atoms with Crippen molar-refractivity contribution in [2.45, 2.75) is 32.0 Å². The minimum atomic E-state index is -0.330. The molecule has 4 nitrogen and oxygen atoms in total. The molecule has 1 aliphatic rings. The lowest BCUT2D eigenvalue weighted by atomic mass is 10.0. The maximum atomic E-state index is 14.3. The molecule has 158 valence electrons. The third-order valence-electron chi connectivity index (χ3n) is 5.50. The van der Waals surface area contributed by atoms with Gasteiger partial charge < -0.3 is 10.1 Å². The largest absolute Gasteiger partial charge is 0.380 e. The molecule has 0 radical (unpaired) electrons. The van der Waals surface area contributed by atoms with E-state index in [-0.39, 0.29) is 30.2 Å². The molecule has 0 spiro atoms. The van der Waals surface area contributed by atoms with E-state index in [4.69, 9.17) is 4.74 Å². The Labute approximate surface area is 178 Å². The lowest BCUT2D eigenvalue weighted by Crippen LogP contribution is -2.44. The van der Waals surface area contributed by atoms with Crippen molar-refractivity contribution < 1.29 is 18.3 Å². The van der Waals surface area contributed by atoms with Gasteiger partial charge in [0, 0.05) is 48.4 Å². The number of carbonyl (C=O) groups excluding carboxylic acids is 1. The number of fused-ring (bicyclic) bond motifs is 1. The second-order valence-electron chi connectivity index (χ2n) is 7.61. The maximum Gasteiger partial charge on any atom is 0.261 e. The molecule has 7 heteroatoms. The van der Waals surface area contributed by atoms with Crippen LogP contribution in [0.25, 0.3) is 10.1 Å². The number of thiophene rings is 1. The molecule has 0 aliphatic carbocycles. The first-order valence-corrected chi connectivity index (χ1v) is 10.8. The zero-order valence-corrected chi connectivity index (χ0v) is 17.6. The Balaban J connectivity index is 1.40. The van der Waals surface area contributed by atoms with E-state index in [0.29, 0.717) is 15.8 Å². The summed E-state index contributed by atoms with van der Waals surface area (Å²) in [5, 5.41) is 3.60. The Morgan fingerprint density at radius 3 is 2.60 bits per heavy atom. The van der Waals surface area contributed by atoms with Gasteiger partial charge in [0.1, 0.15) is 11.6 Å². The number of nitrogens with one attached hydrogen (secondary N) is 1. The van der Waals surface area contributed by atoms with E-state index in [0.717, 1.165) is 42.7 Å². The summed E-state index contributed by atoms with van der Waals surface area (Å²) in [7, 11) is 1.54. The summed E-state index contributed by atoms with van der Waals surface area (Å²) in [6, 6.07) is 11.5. The fourth-order valence-electron chi connectivity index (χ4n) is 3.97. The zero-order valence-electron chi connectivity index (χ0n) is 16.8. The summed E-state index contributed by atoms with van der Waals surface area (Å²) in [6.07, 6.45) is 1.68. The van der Waals surface area contributed by atoms with Gasteiger partial charge in [0.15, 0.2) is 0 Å². The molecule has 1 fully saturated rings. The highest BCUT2D eigenvalue weighted by molar-refractivity contribution is 7.21. The molecule has 3 aromatic rings. The van der Waals surface area contributed by atoms with Crippen LogP contribution >= 0.6 is 11.3 Å². The number of benzene rings is 2. The lowest BCUT2D eigenvalue weighted by molar-refractivity contribution is 0.0909. The minimum Gasteiger partial charge on any atom is -0.380 e. The van der Waals surface area contributed by atoms with Crippen LogP contribution in [0.2, 0.25) is 0 Å². The van der Waals surface area contributed by atoms with Crippen LogP contribution in [0.3, 0.4) is 0 Å². The number of hydrogen-bond donors (Lipinski definition) is 1. The van der Waals surface area contributed by atoms with Crippen molar-refractivity contribution in [1.82, 2.24) is 10.2 Å². The predicted octanol–water partition coefficient (Wildman–Crippen LogP) is 4.72. The number of likely N-dealkylation sites (tertiary alicyclic amines) is 1. The standard InChI is InChI=1S/C23H24F2N2O2S/c1-29-14-18-21-19(25)3-2-4-20(21)30-22(18)23(28)26-17-9-11-27(12-10-17)13-15-5-7-16(24)8-6-15/h2-8,17H,9-14H2,1H3,(H,26,28). The third-order valence-corrected chi connectivity index (χ3v) is 6.70. The number of halogens is 2. The van der Waals surface area contributed by atoms with Crippen LogP contribution < -0.4 is 5.32 Å². The molecule has 0 saturated carbocycles. The second-order valence-corrected chi connectivity index (χ2v) is 8.66. The van der Waals surface area contributed by atoms with Crippen LogP contribution in [0.15, 0.2) is 42.5 Å². The molecule has 4 rings (SSSR count). The Morgan fingerprint density at radius 1 is 1.17 bits per heavy atom. The van der Waals surface area contributed by atoms with Gasteiger partial charge in [-0.3, -0.25) is 9.69 Å². The van der Waals surface area contributed by atoms with Gasteiger partial charge >= 0.3 is 0 Å². The molecule has 30 heavy (non-hydrogen) atoms. The average Bonchev–Trinajstić information content (AvgIpc) is 3.11. The Morgan fingerprint density at radius 2 is 1.90 bits per heavy atom.